The van der Waals surface area contributed by atoms with E-state index in [9.17, 15) is 13.2 Å². The Labute approximate surface area is 175 Å². The summed E-state index contributed by atoms with van der Waals surface area (Å²) in [7, 11) is -3.28. The van der Waals surface area contributed by atoms with Crippen molar-refractivity contribution in [3.63, 3.8) is 0 Å². The minimum atomic E-state index is -3.28. The summed E-state index contributed by atoms with van der Waals surface area (Å²) in [6.45, 7) is 4.01. The first kappa shape index (κ1) is 20.0. The van der Waals surface area contributed by atoms with Gasteiger partial charge in [-0.15, -0.1) is 5.10 Å². The number of aromatic nitrogens is 3. The molecule has 4 rings (SSSR count). The van der Waals surface area contributed by atoms with Crippen LogP contribution < -0.4 is 5.73 Å². The molecule has 0 atom stereocenters. The lowest BCUT2D eigenvalue weighted by Gasteiger charge is -2.07. The Morgan fingerprint density at radius 1 is 1.10 bits per heavy atom. The van der Waals surface area contributed by atoms with Gasteiger partial charge in [0.15, 0.2) is 15.7 Å². The molecule has 1 aliphatic carbocycles. The maximum absolute atomic E-state index is 12.4. The molecule has 0 unspecified atom stereocenters. The molecule has 7 nitrogen and oxygen atoms in total. The van der Waals surface area contributed by atoms with E-state index in [1.807, 2.05) is 26.0 Å². The van der Waals surface area contributed by atoms with Gasteiger partial charge in [-0.25, -0.2) is 18.1 Å². The minimum absolute atomic E-state index is 0.210. The Morgan fingerprint density at radius 2 is 1.73 bits per heavy atom. The molecule has 30 heavy (non-hydrogen) atoms. The van der Waals surface area contributed by atoms with Gasteiger partial charge in [0.05, 0.1) is 15.7 Å². The van der Waals surface area contributed by atoms with Crippen LogP contribution in [0.15, 0.2) is 53.7 Å². The Balaban J connectivity index is 1.65. The largest absolute Gasteiger partial charge is 0.366 e. The minimum Gasteiger partial charge on any atom is -0.366 e. The Kier molecular flexibility index (Phi) is 5.03. The topological polar surface area (TPSA) is 108 Å². The van der Waals surface area contributed by atoms with Gasteiger partial charge in [-0.3, -0.25) is 4.79 Å². The SMILES string of the molecule is Cc1cc(C)cc(-c2ncn(/C=C(/C(N)=O)c3ccc(S(=O)(=O)C4CC4)cc3)n2)c1. The first-order valence-corrected chi connectivity index (χ1v) is 11.1. The third-order valence-electron chi connectivity index (χ3n) is 4.97. The third kappa shape index (κ3) is 4.04. The summed E-state index contributed by atoms with van der Waals surface area (Å²) in [5.74, 6) is -0.107. The first-order chi connectivity index (χ1) is 14.2. The van der Waals surface area contributed by atoms with E-state index in [4.69, 9.17) is 5.73 Å². The van der Waals surface area contributed by atoms with E-state index in [1.54, 1.807) is 12.1 Å². The maximum atomic E-state index is 12.4. The average Bonchev–Trinajstić information content (AvgIpc) is 3.45. The quantitative estimate of drug-likeness (QED) is 0.615. The molecule has 8 heteroatoms. The van der Waals surface area contributed by atoms with Gasteiger partial charge in [0.25, 0.3) is 5.91 Å². The predicted octanol–water partition coefficient (Wildman–Crippen LogP) is 2.98. The number of benzene rings is 2. The molecule has 2 aromatic carbocycles. The highest BCUT2D eigenvalue weighted by molar-refractivity contribution is 7.92. The normalized spacial score (nSPS) is 14.7. The van der Waals surface area contributed by atoms with E-state index in [0.717, 1.165) is 16.7 Å². The van der Waals surface area contributed by atoms with Gasteiger partial charge in [0, 0.05) is 11.8 Å². The number of primary amides is 1. The number of nitrogens with two attached hydrogens (primary N) is 1. The van der Waals surface area contributed by atoms with Crippen LogP contribution in [0.1, 0.15) is 29.5 Å². The molecular weight excluding hydrogens is 400 g/mol. The second kappa shape index (κ2) is 7.53. The van der Waals surface area contributed by atoms with E-state index >= 15 is 0 Å². The molecule has 1 aromatic heterocycles. The van der Waals surface area contributed by atoms with E-state index in [0.29, 0.717) is 24.2 Å². The van der Waals surface area contributed by atoms with Gasteiger partial charge in [-0.05, 0) is 56.5 Å². The standard InChI is InChI=1S/C22H22N4O3S/c1-14-9-15(2)11-17(10-14)22-24-13-26(25-22)12-20(21(23)27)16-3-5-18(6-4-16)30(28,29)19-7-8-19/h3-6,9-13,19H,7-8H2,1-2H3,(H2,23,27)/b20-12+. The Bertz CT molecular complexity index is 1230. The van der Waals surface area contributed by atoms with Crippen LogP contribution in [0.5, 0.6) is 0 Å². The molecule has 0 saturated heterocycles. The van der Waals surface area contributed by atoms with Crippen molar-refractivity contribution >= 4 is 27.5 Å². The Hall–Kier alpha value is -3.26. The summed E-state index contributed by atoms with van der Waals surface area (Å²) in [5.41, 5.74) is 9.39. The number of nitrogens with zero attached hydrogens (tertiary/aromatic N) is 3. The van der Waals surface area contributed by atoms with Crippen LogP contribution >= 0.6 is 0 Å². The first-order valence-electron chi connectivity index (χ1n) is 9.60. The highest BCUT2D eigenvalue weighted by Gasteiger charge is 2.36. The number of carbonyl (C=O) groups is 1. The lowest BCUT2D eigenvalue weighted by atomic mass is 10.1. The molecule has 1 saturated carbocycles. The second-order valence-electron chi connectivity index (χ2n) is 7.60. The fraction of sp³-hybridized carbons (Fsp3) is 0.227. The van der Waals surface area contributed by atoms with Crippen molar-refractivity contribution in [3.8, 4) is 11.4 Å². The fourth-order valence-corrected chi connectivity index (χ4v) is 5.04. The summed E-state index contributed by atoms with van der Waals surface area (Å²) in [4.78, 5) is 16.6. The number of sulfone groups is 1. The monoisotopic (exact) mass is 422 g/mol. The van der Waals surface area contributed by atoms with Crippen LogP contribution in [-0.4, -0.2) is 34.3 Å². The van der Waals surface area contributed by atoms with E-state index in [1.165, 1.54) is 29.3 Å². The summed E-state index contributed by atoms with van der Waals surface area (Å²) in [6.07, 6.45) is 4.39. The molecule has 154 valence electrons. The molecular formula is C22H22N4O3S. The van der Waals surface area contributed by atoms with Crippen LogP contribution in [0.3, 0.4) is 0 Å². The van der Waals surface area contributed by atoms with Crippen molar-refractivity contribution in [1.29, 1.82) is 0 Å². The van der Waals surface area contributed by atoms with Gasteiger partial charge in [0.2, 0.25) is 0 Å². The highest BCUT2D eigenvalue weighted by Crippen LogP contribution is 2.33. The molecule has 1 fully saturated rings. The molecule has 1 aliphatic rings. The molecule has 0 aliphatic heterocycles. The lowest BCUT2D eigenvalue weighted by Crippen LogP contribution is -2.14. The zero-order valence-electron chi connectivity index (χ0n) is 16.7. The Morgan fingerprint density at radius 3 is 2.30 bits per heavy atom. The zero-order valence-corrected chi connectivity index (χ0v) is 17.6. The number of amides is 1. The third-order valence-corrected chi connectivity index (χ3v) is 7.25. The summed E-state index contributed by atoms with van der Waals surface area (Å²) < 4.78 is 26.1. The van der Waals surface area contributed by atoms with Gasteiger partial charge < -0.3 is 5.73 Å². The second-order valence-corrected chi connectivity index (χ2v) is 9.83. The van der Waals surface area contributed by atoms with Crippen LogP contribution in [0.4, 0.5) is 0 Å². The fourth-order valence-electron chi connectivity index (χ4n) is 3.38. The van der Waals surface area contributed by atoms with Crippen LogP contribution in [0, 0.1) is 13.8 Å². The van der Waals surface area contributed by atoms with Crippen molar-refractivity contribution in [2.45, 2.75) is 36.8 Å². The van der Waals surface area contributed by atoms with E-state index < -0.39 is 15.7 Å². The van der Waals surface area contributed by atoms with Gasteiger partial charge in [-0.1, -0.05) is 29.3 Å². The van der Waals surface area contributed by atoms with Crippen molar-refractivity contribution < 1.29 is 13.2 Å². The molecule has 0 radical (unpaired) electrons. The number of hydrogen-bond donors (Lipinski definition) is 1. The van der Waals surface area contributed by atoms with Crippen molar-refractivity contribution in [3.05, 3.63) is 65.5 Å². The molecule has 1 heterocycles. The van der Waals surface area contributed by atoms with Gasteiger partial charge >= 0.3 is 0 Å². The number of aryl methyl sites for hydroxylation is 2. The van der Waals surface area contributed by atoms with Crippen LogP contribution in [-0.2, 0) is 14.6 Å². The smallest absolute Gasteiger partial charge is 0.250 e. The highest BCUT2D eigenvalue weighted by atomic mass is 32.2. The van der Waals surface area contributed by atoms with Crippen molar-refractivity contribution in [2.24, 2.45) is 5.73 Å². The molecule has 1 amide bonds. The van der Waals surface area contributed by atoms with Crippen molar-refractivity contribution in [1.82, 2.24) is 14.8 Å². The number of rotatable bonds is 6. The van der Waals surface area contributed by atoms with E-state index in [2.05, 4.69) is 16.1 Å². The van der Waals surface area contributed by atoms with Crippen molar-refractivity contribution in [2.75, 3.05) is 0 Å². The zero-order chi connectivity index (χ0) is 21.5. The van der Waals surface area contributed by atoms with E-state index in [-0.39, 0.29) is 15.7 Å². The van der Waals surface area contributed by atoms with Gasteiger partial charge in [0.1, 0.15) is 6.33 Å². The summed E-state index contributed by atoms with van der Waals surface area (Å²) >= 11 is 0. The lowest BCUT2D eigenvalue weighted by molar-refractivity contribution is -0.112. The van der Waals surface area contributed by atoms with Gasteiger partial charge in [-0.2, -0.15) is 0 Å². The van der Waals surface area contributed by atoms with Crippen LogP contribution in [0.25, 0.3) is 23.2 Å². The predicted molar refractivity (Wildman–Crippen MR) is 115 cm³/mol. The average molecular weight is 423 g/mol. The summed E-state index contributed by atoms with van der Waals surface area (Å²) in [5, 5.41) is 4.14. The number of carbonyl (C=O) groups excluding carboxylic acids is 1. The summed E-state index contributed by atoms with van der Waals surface area (Å²) in [6, 6.07) is 12.3. The maximum Gasteiger partial charge on any atom is 0.250 e. The molecule has 2 N–H and O–H groups in total. The molecule has 3 aromatic rings. The number of hydrogen-bond acceptors (Lipinski definition) is 5. The van der Waals surface area contributed by atoms with Crippen LogP contribution in [0.2, 0.25) is 0 Å². The molecule has 0 spiro atoms. The molecule has 0 bridgehead atoms.